The number of esters is 1. The van der Waals surface area contributed by atoms with Gasteiger partial charge in [0.2, 0.25) is 0 Å². The highest BCUT2D eigenvalue weighted by Crippen LogP contribution is 2.38. The lowest BCUT2D eigenvalue weighted by molar-refractivity contribution is -0.143. The Hall–Kier alpha value is -3.81. The second-order valence-corrected chi connectivity index (χ2v) is 8.44. The molecule has 1 aliphatic rings. The van der Waals surface area contributed by atoms with Crippen molar-refractivity contribution in [3.8, 4) is 22.4 Å². The zero-order valence-electron chi connectivity index (χ0n) is 18.8. The maximum Gasteiger partial charge on any atom is 0.329 e. The summed E-state index contributed by atoms with van der Waals surface area (Å²) in [7, 11) is 1.80. The van der Waals surface area contributed by atoms with Gasteiger partial charge < -0.3 is 10.5 Å². The quantitative estimate of drug-likeness (QED) is 0.456. The molecule has 0 saturated heterocycles. The molecule has 8 nitrogen and oxygen atoms in total. The molecule has 0 amide bonds. The van der Waals surface area contributed by atoms with E-state index in [-0.39, 0.29) is 18.3 Å². The van der Waals surface area contributed by atoms with Gasteiger partial charge in [-0.05, 0) is 43.9 Å². The van der Waals surface area contributed by atoms with Crippen molar-refractivity contribution in [2.45, 2.75) is 38.8 Å². The molecule has 4 aromatic rings. The number of aromatic nitrogens is 4. The number of fused-ring (bicyclic) bond motifs is 1. The molecule has 33 heavy (non-hydrogen) atoms. The van der Waals surface area contributed by atoms with Gasteiger partial charge in [-0.15, -0.1) is 0 Å². The van der Waals surface area contributed by atoms with E-state index in [1.807, 2.05) is 53.1 Å². The van der Waals surface area contributed by atoms with Gasteiger partial charge in [0, 0.05) is 18.7 Å². The first kappa shape index (κ1) is 21.1. The molecule has 0 atom stereocenters. The summed E-state index contributed by atoms with van der Waals surface area (Å²) in [6, 6.07) is 15.9. The highest BCUT2D eigenvalue weighted by atomic mass is 16.5. The SMILES string of the molecule is CCOC(=O)Cn1nc(-c2ccccc2)c(-c2ccc3c(c2)n(C)c(=O)n3C2CCC2)c1N. The van der Waals surface area contributed by atoms with Crippen LogP contribution in [0.2, 0.25) is 0 Å². The number of hydrogen-bond donors (Lipinski definition) is 1. The highest BCUT2D eigenvalue weighted by molar-refractivity contribution is 5.92. The summed E-state index contributed by atoms with van der Waals surface area (Å²) < 4.78 is 10.2. The molecular formula is C25H27N5O3. The van der Waals surface area contributed by atoms with E-state index >= 15 is 0 Å². The van der Waals surface area contributed by atoms with Gasteiger partial charge in [-0.25, -0.2) is 9.48 Å². The van der Waals surface area contributed by atoms with Crippen molar-refractivity contribution in [3.63, 3.8) is 0 Å². The Morgan fingerprint density at radius 1 is 1.12 bits per heavy atom. The summed E-state index contributed by atoms with van der Waals surface area (Å²) in [5.74, 6) is -0.0158. The van der Waals surface area contributed by atoms with E-state index < -0.39 is 5.97 Å². The summed E-state index contributed by atoms with van der Waals surface area (Å²) in [5.41, 5.74) is 11.5. The van der Waals surface area contributed by atoms with Crippen LogP contribution >= 0.6 is 0 Å². The second kappa shape index (κ2) is 8.27. The predicted octanol–water partition coefficient (Wildman–Crippen LogP) is 3.74. The normalized spacial score (nSPS) is 13.9. The molecule has 0 unspecified atom stereocenters. The van der Waals surface area contributed by atoms with E-state index in [4.69, 9.17) is 10.5 Å². The van der Waals surface area contributed by atoms with Crippen LogP contribution in [-0.4, -0.2) is 31.5 Å². The Balaban J connectivity index is 1.68. The fraction of sp³-hybridized carbons (Fsp3) is 0.320. The number of rotatable bonds is 6. The number of hydrogen-bond acceptors (Lipinski definition) is 5. The van der Waals surface area contributed by atoms with Crippen LogP contribution in [0.25, 0.3) is 33.4 Å². The van der Waals surface area contributed by atoms with Crippen molar-refractivity contribution in [3.05, 3.63) is 59.0 Å². The van der Waals surface area contributed by atoms with E-state index in [1.165, 1.54) is 4.68 Å². The van der Waals surface area contributed by atoms with Crippen molar-refractivity contribution in [1.29, 1.82) is 0 Å². The molecule has 2 heterocycles. The molecule has 8 heteroatoms. The number of nitrogens with zero attached hydrogens (tertiary/aromatic N) is 4. The predicted molar refractivity (Wildman–Crippen MR) is 128 cm³/mol. The standard InChI is InChI=1S/C25H27N5O3/c1-3-33-21(31)15-29-24(26)22(23(27-29)16-8-5-4-6-9-16)17-12-13-19-20(14-17)28(2)25(32)30(19)18-10-7-11-18/h4-6,8-9,12-14,18H,3,7,10-11,15,26H2,1-2H3. The molecular weight excluding hydrogens is 418 g/mol. The smallest absolute Gasteiger partial charge is 0.329 e. The third kappa shape index (κ3) is 3.51. The van der Waals surface area contributed by atoms with Crippen LogP contribution in [0.15, 0.2) is 53.3 Å². The molecule has 5 rings (SSSR count). The molecule has 2 aromatic heterocycles. The topological polar surface area (TPSA) is 97.1 Å². The first-order chi connectivity index (χ1) is 16.0. The third-order valence-electron chi connectivity index (χ3n) is 6.44. The van der Waals surface area contributed by atoms with Crippen molar-refractivity contribution >= 4 is 22.8 Å². The summed E-state index contributed by atoms with van der Waals surface area (Å²) in [6.07, 6.45) is 3.22. The van der Waals surface area contributed by atoms with E-state index in [2.05, 4.69) is 5.10 Å². The van der Waals surface area contributed by atoms with Crippen LogP contribution in [0.5, 0.6) is 0 Å². The van der Waals surface area contributed by atoms with E-state index in [9.17, 15) is 9.59 Å². The zero-order chi connectivity index (χ0) is 23.1. The molecule has 1 aliphatic carbocycles. The average molecular weight is 446 g/mol. The number of imidazole rings is 1. The van der Waals surface area contributed by atoms with Crippen LogP contribution < -0.4 is 11.4 Å². The first-order valence-electron chi connectivity index (χ1n) is 11.3. The number of nitrogens with two attached hydrogens (primary N) is 1. The Bertz CT molecular complexity index is 1390. The Morgan fingerprint density at radius 2 is 1.88 bits per heavy atom. The van der Waals surface area contributed by atoms with Gasteiger partial charge in [0.05, 0.1) is 23.2 Å². The largest absolute Gasteiger partial charge is 0.465 e. The minimum Gasteiger partial charge on any atom is -0.465 e. The average Bonchev–Trinajstić information content (AvgIpc) is 3.23. The van der Waals surface area contributed by atoms with E-state index in [1.54, 1.807) is 18.5 Å². The van der Waals surface area contributed by atoms with Crippen LogP contribution in [0, 0.1) is 0 Å². The zero-order valence-corrected chi connectivity index (χ0v) is 18.8. The number of anilines is 1. The van der Waals surface area contributed by atoms with Crippen LogP contribution in [0.3, 0.4) is 0 Å². The number of benzene rings is 2. The fourth-order valence-electron chi connectivity index (χ4n) is 4.52. The second-order valence-electron chi connectivity index (χ2n) is 8.44. The van der Waals surface area contributed by atoms with Crippen LogP contribution in [0.4, 0.5) is 5.82 Å². The lowest BCUT2D eigenvalue weighted by Crippen LogP contribution is -2.29. The first-order valence-corrected chi connectivity index (χ1v) is 11.3. The molecule has 0 spiro atoms. The van der Waals surface area contributed by atoms with Gasteiger partial charge in [-0.2, -0.15) is 5.10 Å². The number of ether oxygens (including phenoxy) is 1. The van der Waals surface area contributed by atoms with E-state index in [0.29, 0.717) is 18.1 Å². The molecule has 0 radical (unpaired) electrons. The van der Waals surface area contributed by atoms with Crippen molar-refractivity contribution in [1.82, 2.24) is 18.9 Å². The molecule has 170 valence electrons. The van der Waals surface area contributed by atoms with Gasteiger partial charge >= 0.3 is 11.7 Å². The minimum absolute atomic E-state index is 0.00103. The van der Waals surface area contributed by atoms with Crippen LogP contribution in [0.1, 0.15) is 32.2 Å². The van der Waals surface area contributed by atoms with Gasteiger partial charge in [0.25, 0.3) is 0 Å². The number of aryl methyl sites for hydroxylation is 1. The van der Waals surface area contributed by atoms with Gasteiger partial charge in [-0.3, -0.25) is 13.9 Å². The highest BCUT2D eigenvalue weighted by Gasteiger charge is 2.26. The number of carbonyl (C=O) groups is 1. The lowest BCUT2D eigenvalue weighted by atomic mass is 9.92. The van der Waals surface area contributed by atoms with Gasteiger partial charge in [0.1, 0.15) is 18.1 Å². The Morgan fingerprint density at radius 3 is 2.55 bits per heavy atom. The molecule has 0 bridgehead atoms. The maximum atomic E-state index is 12.9. The molecule has 0 aliphatic heterocycles. The summed E-state index contributed by atoms with van der Waals surface area (Å²) in [4.78, 5) is 25.1. The molecule has 1 fully saturated rings. The van der Waals surface area contributed by atoms with Gasteiger partial charge in [-0.1, -0.05) is 36.4 Å². The van der Waals surface area contributed by atoms with Crippen LogP contribution in [-0.2, 0) is 23.1 Å². The third-order valence-corrected chi connectivity index (χ3v) is 6.44. The van der Waals surface area contributed by atoms with Crippen molar-refractivity contribution in [2.24, 2.45) is 7.05 Å². The minimum atomic E-state index is -0.395. The monoisotopic (exact) mass is 445 g/mol. The Labute approximate surface area is 191 Å². The lowest BCUT2D eigenvalue weighted by Gasteiger charge is -2.26. The molecule has 2 N–H and O–H groups in total. The molecule has 1 saturated carbocycles. The summed E-state index contributed by atoms with van der Waals surface area (Å²) in [5, 5.41) is 4.67. The summed E-state index contributed by atoms with van der Waals surface area (Å²) in [6.45, 7) is 1.99. The molecule has 2 aromatic carbocycles. The maximum absolute atomic E-state index is 12.9. The van der Waals surface area contributed by atoms with E-state index in [0.717, 1.165) is 47.0 Å². The summed E-state index contributed by atoms with van der Waals surface area (Å²) >= 11 is 0. The fourth-order valence-corrected chi connectivity index (χ4v) is 4.52. The van der Waals surface area contributed by atoms with Gasteiger partial charge in [0.15, 0.2) is 0 Å². The Kier molecular flexibility index (Phi) is 5.28. The number of carbonyl (C=O) groups excluding carboxylic acids is 1. The van der Waals surface area contributed by atoms with Crippen molar-refractivity contribution in [2.75, 3.05) is 12.3 Å². The number of nitrogen functional groups attached to an aromatic ring is 1. The van der Waals surface area contributed by atoms with Crippen molar-refractivity contribution < 1.29 is 9.53 Å².